The van der Waals surface area contributed by atoms with Crippen LogP contribution in [-0.4, -0.2) is 24.5 Å². The van der Waals surface area contributed by atoms with Crippen molar-refractivity contribution in [1.82, 2.24) is 24.5 Å². The topological polar surface area (TPSA) is 56.5 Å². The van der Waals surface area contributed by atoms with Gasteiger partial charge in [0.15, 0.2) is 22.6 Å². The molecule has 0 radical (unpaired) electrons. The first-order valence-corrected chi connectivity index (χ1v) is 18.5. The van der Waals surface area contributed by atoms with Crippen LogP contribution in [-0.2, 0) is 5.54 Å². The van der Waals surface area contributed by atoms with E-state index >= 15 is 0 Å². The molecule has 3 heterocycles. The van der Waals surface area contributed by atoms with Crippen molar-refractivity contribution in [2.75, 3.05) is 0 Å². The van der Waals surface area contributed by atoms with E-state index in [-0.39, 0.29) is 0 Å². The first-order valence-electron chi connectivity index (χ1n) is 17.7. The molecule has 11 rings (SSSR count). The number of hydrogen-bond donors (Lipinski definition) is 0. The molecule has 0 bridgehead atoms. The molecule has 53 heavy (non-hydrogen) atoms. The maximum Gasteiger partial charge on any atom is 0.175 e. The second kappa shape index (κ2) is 11.7. The summed E-state index contributed by atoms with van der Waals surface area (Å²) in [6, 6.07) is 62.0. The van der Waals surface area contributed by atoms with Gasteiger partial charge in [-0.2, -0.15) is 0 Å². The van der Waals surface area contributed by atoms with Crippen LogP contribution in [0.5, 0.6) is 0 Å². The Morgan fingerprint density at radius 2 is 0.925 bits per heavy atom. The molecule has 1 aliphatic carbocycles. The van der Waals surface area contributed by atoms with Crippen LogP contribution in [0.15, 0.2) is 186 Å². The minimum atomic E-state index is -0.563. The largest absolute Gasteiger partial charge is 0.300 e. The van der Waals surface area contributed by atoms with Gasteiger partial charge in [0.25, 0.3) is 0 Å². The first-order chi connectivity index (χ1) is 26.3. The van der Waals surface area contributed by atoms with Crippen LogP contribution < -0.4 is 0 Å². The summed E-state index contributed by atoms with van der Waals surface area (Å²) in [5.41, 5.74) is 13.0. The Morgan fingerprint density at radius 3 is 1.60 bits per heavy atom. The number of fused-ring (bicyclic) bond motifs is 11. The van der Waals surface area contributed by atoms with Gasteiger partial charge in [0.05, 0.1) is 11.0 Å². The van der Waals surface area contributed by atoms with Gasteiger partial charge in [0, 0.05) is 27.1 Å². The van der Waals surface area contributed by atoms with Gasteiger partial charge in [-0.25, -0.2) is 19.9 Å². The highest BCUT2D eigenvalue weighted by Crippen LogP contribution is 2.60. The van der Waals surface area contributed by atoms with Gasteiger partial charge in [-0.1, -0.05) is 163 Å². The van der Waals surface area contributed by atoms with Crippen LogP contribution in [0.4, 0.5) is 0 Å². The molecule has 0 saturated carbocycles. The van der Waals surface area contributed by atoms with Crippen molar-refractivity contribution in [2.45, 2.75) is 15.6 Å². The van der Waals surface area contributed by atoms with E-state index in [1.807, 2.05) is 60.7 Å². The van der Waals surface area contributed by atoms with E-state index in [2.05, 4.69) is 120 Å². The fourth-order valence-corrected chi connectivity index (χ4v) is 9.40. The summed E-state index contributed by atoms with van der Waals surface area (Å²) in [5, 5.41) is 0.989. The van der Waals surface area contributed by atoms with Gasteiger partial charge in [-0.15, -0.1) is 0 Å². The Hall–Kier alpha value is -6.63. The lowest BCUT2D eigenvalue weighted by Crippen LogP contribution is -2.38. The lowest BCUT2D eigenvalue weighted by molar-refractivity contribution is 0.484. The monoisotopic (exact) mass is 695 g/mol. The summed E-state index contributed by atoms with van der Waals surface area (Å²) in [6.07, 6.45) is 0. The van der Waals surface area contributed by atoms with Crippen molar-refractivity contribution in [3.63, 3.8) is 0 Å². The lowest BCUT2D eigenvalue weighted by Gasteiger charge is -2.40. The second-order valence-corrected chi connectivity index (χ2v) is 14.5. The third kappa shape index (κ3) is 4.52. The summed E-state index contributed by atoms with van der Waals surface area (Å²) in [5.74, 6) is 1.93. The number of hydrogen-bond acceptors (Lipinski definition) is 5. The molecule has 2 aliphatic rings. The van der Waals surface area contributed by atoms with Crippen LogP contribution in [0, 0.1) is 0 Å². The molecular formula is C47H29N5S. The Balaban J connectivity index is 1.09. The van der Waals surface area contributed by atoms with E-state index in [0.29, 0.717) is 17.5 Å². The van der Waals surface area contributed by atoms with Gasteiger partial charge < -0.3 is 0 Å². The van der Waals surface area contributed by atoms with E-state index in [4.69, 9.17) is 19.9 Å². The Morgan fingerprint density at radius 1 is 0.396 bits per heavy atom. The van der Waals surface area contributed by atoms with E-state index < -0.39 is 5.54 Å². The third-order valence-corrected chi connectivity index (χ3v) is 11.5. The van der Waals surface area contributed by atoms with Crippen molar-refractivity contribution < 1.29 is 0 Å². The normalized spacial score (nSPS) is 13.4. The molecule has 9 aromatic rings. The molecule has 0 saturated heterocycles. The zero-order valence-electron chi connectivity index (χ0n) is 28.4. The van der Waals surface area contributed by atoms with Crippen LogP contribution in [0.2, 0.25) is 0 Å². The molecule has 0 fully saturated rings. The number of nitrogens with zero attached hydrogens (tertiary/aromatic N) is 5. The summed E-state index contributed by atoms with van der Waals surface area (Å²) in [4.78, 5) is 21.3. The van der Waals surface area contributed by atoms with Gasteiger partial charge in [0.1, 0.15) is 5.54 Å². The van der Waals surface area contributed by atoms with Crippen LogP contribution in [0.25, 0.3) is 67.5 Å². The predicted molar refractivity (Wildman–Crippen MR) is 213 cm³/mol. The molecule has 248 valence electrons. The Bertz CT molecular complexity index is 2780. The molecule has 0 unspecified atom stereocenters. The minimum Gasteiger partial charge on any atom is -0.300 e. The van der Waals surface area contributed by atoms with Crippen LogP contribution in [0.3, 0.4) is 0 Å². The van der Waals surface area contributed by atoms with Crippen molar-refractivity contribution in [2.24, 2.45) is 0 Å². The van der Waals surface area contributed by atoms with Gasteiger partial charge in [-0.3, -0.25) is 4.57 Å². The molecule has 0 N–H and O–H groups in total. The summed E-state index contributed by atoms with van der Waals surface area (Å²) in [7, 11) is 0. The van der Waals surface area contributed by atoms with E-state index in [1.54, 1.807) is 11.8 Å². The fraction of sp³-hybridized carbons (Fsp3) is 0.0213. The minimum absolute atomic E-state index is 0.563. The third-order valence-electron chi connectivity index (χ3n) is 10.5. The molecule has 1 spiro atoms. The summed E-state index contributed by atoms with van der Waals surface area (Å²) in [6.45, 7) is 0. The zero-order valence-corrected chi connectivity index (χ0v) is 29.2. The van der Waals surface area contributed by atoms with Crippen LogP contribution in [0.1, 0.15) is 16.7 Å². The molecular weight excluding hydrogens is 667 g/mol. The highest BCUT2D eigenvalue weighted by molar-refractivity contribution is 7.99. The highest BCUT2D eigenvalue weighted by atomic mass is 32.2. The Labute approximate surface area is 310 Å². The number of aromatic nitrogens is 5. The quantitative estimate of drug-likeness (QED) is 0.183. The summed E-state index contributed by atoms with van der Waals surface area (Å²) >= 11 is 1.75. The highest BCUT2D eigenvalue weighted by Gasteiger charge is 2.51. The smallest absolute Gasteiger partial charge is 0.175 e. The molecule has 2 aromatic heterocycles. The van der Waals surface area contributed by atoms with Crippen molar-refractivity contribution in [3.05, 3.63) is 193 Å². The summed E-state index contributed by atoms with van der Waals surface area (Å²) < 4.78 is 2.48. The number of imidazole rings is 1. The standard InChI is InChI=1S/C47H29N5S/c1-3-14-30(15-4-1)43-49-44(31-16-5-2-6-17-31)51-45(50-43)34-19-13-18-32(28-34)33-26-27-39-42(29-33)53-46-48-40-24-11-12-25-41(40)52(46)47(39)37-22-9-7-20-35(37)36-21-8-10-23-38(36)47/h1-29H. The fourth-order valence-electron chi connectivity index (χ4n) is 8.22. The zero-order chi connectivity index (χ0) is 34.9. The Kier molecular flexibility index (Phi) is 6.63. The first kappa shape index (κ1) is 30.0. The van der Waals surface area contributed by atoms with Gasteiger partial charge in [-0.05, 0) is 57.6 Å². The van der Waals surface area contributed by atoms with E-state index in [9.17, 15) is 0 Å². The predicted octanol–water partition coefficient (Wildman–Crippen LogP) is 11.2. The molecule has 0 amide bonds. The van der Waals surface area contributed by atoms with Gasteiger partial charge >= 0.3 is 0 Å². The maximum atomic E-state index is 5.24. The number of para-hydroxylation sites is 2. The SMILES string of the molecule is c1ccc(-c2nc(-c3ccccc3)nc(-c3cccc(-c4ccc5c(c4)Sc4nc6ccccc6n4C54c5ccccc5-c5ccccc54)c3)n2)cc1. The van der Waals surface area contributed by atoms with Gasteiger partial charge in [0.2, 0.25) is 0 Å². The van der Waals surface area contributed by atoms with E-state index in [0.717, 1.165) is 44.0 Å². The average molecular weight is 696 g/mol. The molecule has 1 aliphatic heterocycles. The molecule has 0 atom stereocenters. The number of benzene rings is 7. The lowest BCUT2D eigenvalue weighted by atomic mass is 9.79. The van der Waals surface area contributed by atoms with Crippen LogP contribution >= 0.6 is 11.8 Å². The second-order valence-electron chi connectivity index (χ2n) is 13.5. The van der Waals surface area contributed by atoms with Crippen molar-refractivity contribution >= 4 is 22.8 Å². The molecule has 5 nitrogen and oxygen atoms in total. The molecule has 6 heteroatoms. The van der Waals surface area contributed by atoms with E-state index in [1.165, 1.54) is 32.7 Å². The van der Waals surface area contributed by atoms with Crippen molar-refractivity contribution in [1.29, 1.82) is 0 Å². The number of rotatable bonds is 4. The van der Waals surface area contributed by atoms with Crippen molar-refractivity contribution in [3.8, 4) is 56.4 Å². The average Bonchev–Trinajstić information content (AvgIpc) is 3.75. The molecule has 7 aromatic carbocycles. The maximum absolute atomic E-state index is 5.24.